The van der Waals surface area contributed by atoms with E-state index in [-0.39, 0.29) is 5.91 Å². The highest BCUT2D eigenvalue weighted by Crippen LogP contribution is 2.33. The van der Waals surface area contributed by atoms with Crippen LogP contribution >= 0.6 is 0 Å². The van der Waals surface area contributed by atoms with Crippen LogP contribution in [0, 0.1) is 6.92 Å². The van der Waals surface area contributed by atoms with Gasteiger partial charge in [-0.1, -0.05) is 25.1 Å². The smallest absolute Gasteiger partial charge is 0.225 e. The van der Waals surface area contributed by atoms with E-state index >= 15 is 0 Å². The third-order valence-corrected chi connectivity index (χ3v) is 5.46. The summed E-state index contributed by atoms with van der Waals surface area (Å²) in [5, 5.41) is 3.12. The minimum absolute atomic E-state index is 0.0714. The summed E-state index contributed by atoms with van der Waals surface area (Å²) in [7, 11) is 3.32. The number of rotatable bonds is 7. The van der Waals surface area contributed by atoms with Gasteiger partial charge in [0.25, 0.3) is 0 Å². The summed E-state index contributed by atoms with van der Waals surface area (Å²) in [6, 6.07) is 10.3. The Kier molecular flexibility index (Phi) is 6.57. The van der Waals surface area contributed by atoms with E-state index in [4.69, 9.17) is 9.47 Å². The second kappa shape index (κ2) is 9.11. The SMILES string of the molecule is CCc1cccc(C)c1NC(=O)CCN1CCc2cc(OC)c(OC)cc2C1. The molecule has 150 valence electrons. The molecule has 2 aromatic carbocycles. The summed E-state index contributed by atoms with van der Waals surface area (Å²) in [5.41, 5.74) is 5.81. The highest BCUT2D eigenvalue weighted by atomic mass is 16.5. The van der Waals surface area contributed by atoms with Gasteiger partial charge in [0.05, 0.1) is 14.2 Å². The number of carbonyl (C=O) groups excluding carboxylic acids is 1. The topological polar surface area (TPSA) is 50.8 Å². The van der Waals surface area contributed by atoms with Gasteiger partial charge >= 0.3 is 0 Å². The van der Waals surface area contributed by atoms with E-state index in [2.05, 4.69) is 35.3 Å². The van der Waals surface area contributed by atoms with Crippen molar-refractivity contribution in [3.8, 4) is 11.5 Å². The van der Waals surface area contributed by atoms with Gasteiger partial charge in [-0.25, -0.2) is 0 Å². The highest BCUT2D eigenvalue weighted by molar-refractivity contribution is 5.92. The number of carbonyl (C=O) groups is 1. The molecule has 3 rings (SSSR count). The average Bonchev–Trinajstić information content (AvgIpc) is 2.72. The van der Waals surface area contributed by atoms with E-state index in [0.717, 1.165) is 55.2 Å². The zero-order valence-electron chi connectivity index (χ0n) is 17.3. The van der Waals surface area contributed by atoms with Crippen molar-refractivity contribution in [1.29, 1.82) is 0 Å². The lowest BCUT2D eigenvalue weighted by Gasteiger charge is -2.29. The molecule has 0 saturated heterocycles. The van der Waals surface area contributed by atoms with Crippen LogP contribution in [0.15, 0.2) is 30.3 Å². The van der Waals surface area contributed by atoms with Gasteiger partial charge in [-0.2, -0.15) is 0 Å². The van der Waals surface area contributed by atoms with Gasteiger partial charge in [0.2, 0.25) is 5.91 Å². The zero-order chi connectivity index (χ0) is 20.1. The number of ether oxygens (including phenoxy) is 2. The molecule has 0 radical (unpaired) electrons. The molecule has 0 bridgehead atoms. The van der Waals surface area contributed by atoms with Gasteiger partial charge in [-0.05, 0) is 54.2 Å². The van der Waals surface area contributed by atoms with Crippen LogP contribution in [0.1, 0.15) is 35.6 Å². The van der Waals surface area contributed by atoms with Crippen LogP contribution in [-0.4, -0.2) is 38.1 Å². The fraction of sp³-hybridized carbons (Fsp3) is 0.435. The van der Waals surface area contributed by atoms with Gasteiger partial charge in [-0.15, -0.1) is 0 Å². The van der Waals surface area contributed by atoms with Crippen LogP contribution in [0.25, 0.3) is 0 Å². The first-order chi connectivity index (χ1) is 13.5. The lowest BCUT2D eigenvalue weighted by atomic mass is 9.98. The van der Waals surface area contributed by atoms with Crippen LogP contribution in [0.4, 0.5) is 5.69 Å². The van der Waals surface area contributed by atoms with Crippen LogP contribution in [0.3, 0.4) is 0 Å². The Hall–Kier alpha value is -2.53. The highest BCUT2D eigenvalue weighted by Gasteiger charge is 2.20. The number of benzene rings is 2. The van der Waals surface area contributed by atoms with E-state index in [1.165, 1.54) is 16.7 Å². The van der Waals surface area contributed by atoms with Crippen molar-refractivity contribution in [3.63, 3.8) is 0 Å². The molecule has 28 heavy (non-hydrogen) atoms. The van der Waals surface area contributed by atoms with Gasteiger partial charge < -0.3 is 14.8 Å². The minimum Gasteiger partial charge on any atom is -0.493 e. The van der Waals surface area contributed by atoms with Crippen molar-refractivity contribution in [1.82, 2.24) is 4.90 Å². The Bertz CT molecular complexity index is 848. The van der Waals surface area contributed by atoms with Crippen molar-refractivity contribution < 1.29 is 14.3 Å². The molecule has 1 amide bonds. The summed E-state index contributed by atoms with van der Waals surface area (Å²) >= 11 is 0. The van der Waals surface area contributed by atoms with Crippen molar-refractivity contribution in [2.45, 2.75) is 39.7 Å². The molecule has 0 aliphatic carbocycles. The van der Waals surface area contributed by atoms with Crippen molar-refractivity contribution in [2.24, 2.45) is 0 Å². The van der Waals surface area contributed by atoms with E-state index in [0.29, 0.717) is 6.42 Å². The molecule has 2 aromatic rings. The summed E-state index contributed by atoms with van der Waals surface area (Å²) in [4.78, 5) is 14.9. The summed E-state index contributed by atoms with van der Waals surface area (Å²) < 4.78 is 10.8. The third-order valence-electron chi connectivity index (χ3n) is 5.46. The average molecular weight is 383 g/mol. The van der Waals surface area contributed by atoms with Crippen molar-refractivity contribution in [2.75, 3.05) is 32.6 Å². The first-order valence-electron chi connectivity index (χ1n) is 9.90. The molecule has 0 fully saturated rings. The zero-order valence-corrected chi connectivity index (χ0v) is 17.3. The maximum Gasteiger partial charge on any atom is 0.225 e. The number of anilines is 1. The molecular weight excluding hydrogens is 352 g/mol. The maximum absolute atomic E-state index is 12.5. The standard InChI is InChI=1S/C23H30N2O3/c1-5-17-8-6-7-16(2)23(17)24-22(26)10-12-25-11-9-18-13-20(27-3)21(28-4)14-19(18)15-25/h6-8,13-14H,5,9-12,15H2,1-4H3,(H,24,26). The Balaban J connectivity index is 1.60. The molecule has 1 heterocycles. The number of hydrogen-bond donors (Lipinski definition) is 1. The Morgan fingerprint density at radius 2 is 1.86 bits per heavy atom. The molecule has 0 aromatic heterocycles. The number of amides is 1. The van der Waals surface area contributed by atoms with Gasteiger partial charge in [0, 0.05) is 31.7 Å². The van der Waals surface area contributed by atoms with E-state index in [1.807, 2.05) is 19.1 Å². The Morgan fingerprint density at radius 1 is 1.14 bits per heavy atom. The predicted molar refractivity (Wildman–Crippen MR) is 112 cm³/mol. The monoisotopic (exact) mass is 382 g/mol. The normalized spacial score (nSPS) is 13.7. The molecule has 5 nitrogen and oxygen atoms in total. The molecule has 5 heteroatoms. The summed E-state index contributed by atoms with van der Waals surface area (Å²) in [6.07, 6.45) is 2.35. The minimum atomic E-state index is 0.0714. The number of methoxy groups -OCH3 is 2. The first-order valence-corrected chi connectivity index (χ1v) is 9.90. The third kappa shape index (κ3) is 4.47. The Labute approximate surface area is 167 Å². The van der Waals surface area contributed by atoms with Gasteiger partial charge in [0.15, 0.2) is 11.5 Å². The maximum atomic E-state index is 12.5. The fourth-order valence-electron chi connectivity index (χ4n) is 3.80. The lowest BCUT2D eigenvalue weighted by molar-refractivity contribution is -0.116. The van der Waals surface area contributed by atoms with Crippen LogP contribution < -0.4 is 14.8 Å². The number of fused-ring (bicyclic) bond motifs is 1. The molecule has 0 atom stereocenters. The molecule has 0 unspecified atom stereocenters. The molecule has 1 aliphatic heterocycles. The van der Waals surface area contributed by atoms with E-state index < -0.39 is 0 Å². The molecule has 0 spiro atoms. The van der Waals surface area contributed by atoms with Crippen molar-refractivity contribution >= 4 is 11.6 Å². The molecular formula is C23H30N2O3. The second-order valence-electron chi connectivity index (χ2n) is 7.26. The quantitative estimate of drug-likeness (QED) is 0.787. The van der Waals surface area contributed by atoms with Crippen LogP contribution in [0.5, 0.6) is 11.5 Å². The summed E-state index contributed by atoms with van der Waals surface area (Å²) in [5.74, 6) is 1.61. The van der Waals surface area contributed by atoms with Crippen molar-refractivity contribution in [3.05, 3.63) is 52.6 Å². The summed E-state index contributed by atoms with van der Waals surface area (Å²) in [6.45, 7) is 6.66. The lowest BCUT2D eigenvalue weighted by Crippen LogP contribution is -2.33. The number of nitrogens with zero attached hydrogens (tertiary/aromatic N) is 1. The largest absolute Gasteiger partial charge is 0.493 e. The fourth-order valence-corrected chi connectivity index (χ4v) is 3.80. The molecule has 0 saturated carbocycles. The predicted octanol–water partition coefficient (Wildman–Crippen LogP) is 3.96. The first kappa shape index (κ1) is 20.2. The van der Waals surface area contributed by atoms with Gasteiger partial charge in [0.1, 0.15) is 0 Å². The number of aryl methyl sites for hydroxylation is 2. The number of nitrogens with one attached hydrogen (secondary N) is 1. The number of hydrogen-bond acceptors (Lipinski definition) is 4. The number of para-hydroxylation sites is 1. The van der Waals surface area contributed by atoms with E-state index in [9.17, 15) is 4.79 Å². The van der Waals surface area contributed by atoms with Gasteiger partial charge in [-0.3, -0.25) is 9.69 Å². The molecule has 1 N–H and O–H groups in total. The Morgan fingerprint density at radius 3 is 2.54 bits per heavy atom. The second-order valence-corrected chi connectivity index (χ2v) is 7.26. The van der Waals surface area contributed by atoms with E-state index in [1.54, 1.807) is 14.2 Å². The van der Waals surface area contributed by atoms with Crippen LogP contribution in [-0.2, 0) is 24.2 Å². The van der Waals surface area contributed by atoms with Crippen LogP contribution in [0.2, 0.25) is 0 Å². The molecule has 1 aliphatic rings.